The van der Waals surface area contributed by atoms with Gasteiger partial charge in [0.2, 0.25) is 0 Å². The van der Waals surface area contributed by atoms with Crippen LogP contribution in [0.25, 0.3) is 0 Å². The molecule has 0 aromatic carbocycles. The minimum atomic E-state index is 0.00611. The summed E-state index contributed by atoms with van der Waals surface area (Å²) in [5, 5.41) is 0. The molecule has 2 aliphatic rings. The van der Waals surface area contributed by atoms with Crippen LogP contribution in [-0.4, -0.2) is 16.6 Å². The van der Waals surface area contributed by atoms with E-state index in [-0.39, 0.29) is 5.56 Å². The first-order chi connectivity index (χ1) is 7.84. The van der Waals surface area contributed by atoms with E-state index in [0.717, 1.165) is 36.3 Å². The van der Waals surface area contributed by atoms with E-state index < -0.39 is 0 Å². The lowest BCUT2D eigenvalue weighted by molar-refractivity contribution is 0.107. The second-order valence-corrected chi connectivity index (χ2v) is 4.66. The summed E-state index contributed by atoms with van der Waals surface area (Å²) < 4.78 is 5.28. The molecule has 86 valence electrons. The zero-order chi connectivity index (χ0) is 11.0. The average molecular weight is 220 g/mol. The normalized spacial score (nSPS) is 21.0. The molecule has 1 saturated carbocycles. The van der Waals surface area contributed by atoms with Crippen LogP contribution in [0.1, 0.15) is 48.7 Å². The van der Waals surface area contributed by atoms with Gasteiger partial charge >= 0.3 is 0 Å². The van der Waals surface area contributed by atoms with Crippen LogP contribution in [0.15, 0.2) is 4.79 Å². The SMILES string of the molecule is O=c1[nH]c(C2CCCC2)nc2c1COCC2. The maximum Gasteiger partial charge on any atom is 0.256 e. The van der Waals surface area contributed by atoms with Crippen molar-refractivity contribution in [1.82, 2.24) is 9.97 Å². The van der Waals surface area contributed by atoms with E-state index in [1.807, 2.05) is 0 Å². The van der Waals surface area contributed by atoms with Gasteiger partial charge in [0.25, 0.3) is 5.56 Å². The van der Waals surface area contributed by atoms with Crippen molar-refractivity contribution in [3.05, 3.63) is 27.4 Å². The Balaban J connectivity index is 2.01. The van der Waals surface area contributed by atoms with E-state index in [0.29, 0.717) is 19.1 Å². The Kier molecular flexibility index (Phi) is 2.52. The summed E-state index contributed by atoms with van der Waals surface area (Å²) in [4.78, 5) is 19.4. The van der Waals surface area contributed by atoms with Gasteiger partial charge in [0, 0.05) is 12.3 Å². The first-order valence-electron chi connectivity index (χ1n) is 6.04. The van der Waals surface area contributed by atoms with Crippen molar-refractivity contribution in [3.63, 3.8) is 0 Å². The van der Waals surface area contributed by atoms with Gasteiger partial charge in [0.1, 0.15) is 5.82 Å². The van der Waals surface area contributed by atoms with E-state index in [2.05, 4.69) is 9.97 Å². The second kappa shape index (κ2) is 4.01. The zero-order valence-corrected chi connectivity index (χ0v) is 9.29. The molecule has 1 N–H and O–H groups in total. The van der Waals surface area contributed by atoms with Gasteiger partial charge in [-0.1, -0.05) is 12.8 Å². The third-order valence-corrected chi connectivity index (χ3v) is 3.59. The highest BCUT2D eigenvalue weighted by Gasteiger charge is 2.22. The number of hydrogen-bond donors (Lipinski definition) is 1. The van der Waals surface area contributed by atoms with E-state index in [1.165, 1.54) is 12.8 Å². The molecule has 1 aromatic rings. The molecule has 0 atom stereocenters. The first-order valence-corrected chi connectivity index (χ1v) is 6.04. The number of ether oxygens (including phenoxy) is 1. The Morgan fingerprint density at radius 3 is 2.94 bits per heavy atom. The standard InChI is InChI=1S/C12H16N2O2/c15-12-9-7-16-6-5-10(9)13-11(14-12)8-3-1-2-4-8/h8H,1-7H2,(H,13,14,15). The van der Waals surface area contributed by atoms with Crippen LogP contribution >= 0.6 is 0 Å². The number of aromatic amines is 1. The maximum absolute atomic E-state index is 11.9. The van der Waals surface area contributed by atoms with Crippen LogP contribution in [0.5, 0.6) is 0 Å². The topological polar surface area (TPSA) is 55.0 Å². The molecule has 0 amide bonds. The van der Waals surface area contributed by atoms with Crippen LogP contribution < -0.4 is 5.56 Å². The molecule has 2 heterocycles. The van der Waals surface area contributed by atoms with Gasteiger partial charge in [0.05, 0.1) is 24.5 Å². The molecule has 1 aliphatic heterocycles. The smallest absolute Gasteiger partial charge is 0.256 e. The molecule has 0 saturated heterocycles. The van der Waals surface area contributed by atoms with E-state index in [9.17, 15) is 4.79 Å². The molecule has 3 rings (SSSR count). The molecule has 0 radical (unpaired) electrons. The van der Waals surface area contributed by atoms with Crippen molar-refractivity contribution in [2.75, 3.05) is 6.61 Å². The predicted octanol–water partition coefficient (Wildman–Crippen LogP) is 1.50. The Morgan fingerprint density at radius 1 is 1.31 bits per heavy atom. The highest BCUT2D eigenvalue weighted by atomic mass is 16.5. The van der Waals surface area contributed by atoms with Crippen molar-refractivity contribution in [1.29, 1.82) is 0 Å². The Hall–Kier alpha value is -1.16. The monoisotopic (exact) mass is 220 g/mol. The third kappa shape index (κ3) is 1.67. The number of nitrogens with zero attached hydrogens (tertiary/aromatic N) is 1. The number of fused-ring (bicyclic) bond motifs is 1. The summed E-state index contributed by atoms with van der Waals surface area (Å²) in [6.45, 7) is 1.11. The van der Waals surface area contributed by atoms with Gasteiger partial charge in [-0.05, 0) is 12.8 Å². The zero-order valence-electron chi connectivity index (χ0n) is 9.29. The highest BCUT2D eigenvalue weighted by molar-refractivity contribution is 5.20. The Labute approximate surface area is 94.1 Å². The predicted molar refractivity (Wildman–Crippen MR) is 59.4 cm³/mol. The number of hydrogen-bond acceptors (Lipinski definition) is 3. The van der Waals surface area contributed by atoms with Gasteiger partial charge in [-0.15, -0.1) is 0 Å². The largest absolute Gasteiger partial charge is 0.376 e. The minimum Gasteiger partial charge on any atom is -0.376 e. The maximum atomic E-state index is 11.9. The second-order valence-electron chi connectivity index (χ2n) is 4.66. The lowest BCUT2D eigenvalue weighted by Crippen LogP contribution is -2.26. The fourth-order valence-electron chi connectivity index (χ4n) is 2.65. The van der Waals surface area contributed by atoms with Crippen molar-refractivity contribution in [2.45, 2.75) is 44.6 Å². The summed E-state index contributed by atoms with van der Waals surface area (Å²) in [5.41, 5.74) is 1.69. The van der Waals surface area contributed by atoms with Crippen molar-refractivity contribution in [3.8, 4) is 0 Å². The molecule has 16 heavy (non-hydrogen) atoms. The number of rotatable bonds is 1. The van der Waals surface area contributed by atoms with Crippen molar-refractivity contribution >= 4 is 0 Å². The average Bonchev–Trinajstić information content (AvgIpc) is 2.82. The van der Waals surface area contributed by atoms with Gasteiger partial charge in [-0.2, -0.15) is 0 Å². The van der Waals surface area contributed by atoms with Gasteiger partial charge in [0.15, 0.2) is 0 Å². The van der Waals surface area contributed by atoms with E-state index in [4.69, 9.17) is 4.74 Å². The molecule has 1 fully saturated rings. The molecule has 0 spiro atoms. The van der Waals surface area contributed by atoms with E-state index in [1.54, 1.807) is 0 Å². The highest BCUT2D eigenvalue weighted by Crippen LogP contribution is 2.31. The molecule has 0 unspecified atom stereocenters. The number of H-pyrrole nitrogens is 1. The van der Waals surface area contributed by atoms with Crippen LogP contribution in [0.2, 0.25) is 0 Å². The quantitative estimate of drug-likeness (QED) is 0.780. The molecule has 1 aliphatic carbocycles. The van der Waals surface area contributed by atoms with Crippen LogP contribution in [0.3, 0.4) is 0 Å². The first kappa shape index (κ1) is 10.0. The molecule has 0 bridgehead atoms. The molecule has 4 heteroatoms. The van der Waals surface area contributed by atoms with Crippen LogP contribution in [0.4, 0.5) is 0 Å². The lowest BCUT2D eigenvalue weighted by Gasteiger charge is -2.17. The minimum absolute atomic E-state index is 0.00611. The van der Waals surface area contributed by atoms with Gasteiger partial charge in [-0.3, -0.25) is 4.79 Å². The van der Waals surface area contributed by atoms with Gasteiger partial charge in [-0.25, -0.2) is 4.98 Å². The fraction of sp³-hybridized carbons (Fsp3) is 0.667. The van der Waals surface area contributed by atoms with Crippen LogP contribution in [-0.2, 0) is 17.8 Å². The summed E-state index contributed by atoms with van der Waals surface area (Å²) in [6, 6.07) is 0. The number of nitrogens with one attached hydrogen (secondary N) is 1. The molecular formula is C12H16N2O2. The molecule has 4 nitrogen and oxygen atoms in total. The summed E-state index contributed by atoms with van der Waals surface area (Å²) >= 11 is 0. The molecule has 1 aromatic heterocycles. The summed E-state index contributed by atoms with van der Waals surface area (Å²) in [5.74, 6) is 1.38. The summed E-state index contributed by atoms with van der Waals surface area (Å²) in [6.07, 6.45) is 5.62. The van der Waals surface area contributed by atoms with Crippen molar-refractivity contribution in [2.24, 2.45) is 0 Å². The lowest BCUT2D eigenvalue weighted by atomic mass is 10.1. The molecular weight excluding hydrogens is 204 g/mol. The third-order valence-electron chi connectivity index (χ3n) is 3.59. The van der Waals surface area contributed by atoms with Gasteiger partial charge < -0.3 is 9.72 Å². The summed E-state index contributed by atoms with van der Waals surface area (Å²) in [7, 11) is 0. The van der Waals surface area contributed by atoms with Crippen molar-refractivity contribution < 1.29 is 4.74 Å². The van der Waals surface area contributed by atoms with Crippen LogP contribution in [0, 0.1) is 0 Å². The van der Waals surface area contributed by atoms with E-state index >= 15 is 0 Å². The fourth-order valence-corrected chi connectivity index (χ4v) is 2.65. The Morgan fingerprint density at radius 2 is 2.12 bits per heavy atom. The number of aromatic nitrogens is 2. The Bertz CT molecular complexity index is 447.